The molecule has 1 nitrogen and oxygen atoms in total. The standard InChI is InChI=1S/C8H7BF5O/c1-15-7-4-5(8(10)11)2-3-6(7)9(12,13)14/h2-4,8H,1H3/q-1. The molecule has 1 rings (SSSR count). The number of hydrogen-bond acceptors (Lipinski definition) is 1. The Morgan fingerprint density at radius 1 is 1.20 bits per heavy atom. The molecule has 1 aromatic carbocycles. The van der Waals surface area contributed by atoms with Crippen LogP contribution in [0.15, 0.2) is 18.2 Å². The lowest BCUT2D eigenvalue weighted by Gasteiger charge is -2.19. The average molecular weight is 225 g/mol. The Hall–Kier alpha value is -1.27. The minimum atomic E-state index is -5.24. The molecule has 0 aromatic heterocycles. The van der Waals surface area contributed by atoms with Crippen molar-refractivity contribution in [3.05, 3.63) is 23.8 Å². The van der Waals surface area contributed by atoms with Crippen molar-refractivity contribution in [2.75, 3.05) is 7.11 Å². The average Bonchev–Trinajstić information content (AvgIpc) is 2.15. The summed E-state index contributed by atoms with van der Waals surface area (Å²) in [5, 5.41) is 0. The van der Waals surface area contributed by atoms with Crippen LogP contribution in [0, 0.1) is 0 Å². The molecule has 0 aliphatic heterocycles. The molecule has 0 bridgehead atoms. The van der Waals surface area contributed by atoms with Crippen LogP contribution in [0.25, 0.3) is 0 Å². The maximum atomic E-state index is 12.4. The maximum Gasteiger partial charge on any atom is 0.513 e. The number of halogens is 5. The van der Waals surface area contributed by atoms with E-state index in [0.29, 0.717) is 12.1 Å². The van der Waals surface area contributed by atoms with E-state index in [1.807, 2.05) is 0 Å². The Kier molecular flexibility index (Phi) is 3.21. The molecule has 0 N–H and O–H groups in total. The third-order valence-corrected chi connectivity index (χ3v) is 1.86. The van der Waals surface area contributed by atoms with Crippen molar-refractivity contribution in [1.82, 2.24) is 0 Å². The maximum absolute atomic E-state index is 12.4. The molecule has 1 aromatic rings. The highest BCUT2D eigenvalue weighted by Crippen LogP contribution is 2.24. The van der Waals surface area contributed by atoms with Crippen molar-refractivity contribution < 1.29 is 26.5 Å². The fourth-order valence-electron chi connectivity index (χ4n) is 1.13. The van der Waals surface area contributed by atoms with Crippen molar-refractivity contribution in [3.8, 4) is 5.75 Å². The molecule has 0 atom stereocenters. The zero-order chi connectivity index (χ0) is 11.6. The Morgan fingerprint density at radius 2 is 1.80 bits per heavy atom. The van der Waals surface area contributed by atoms with Crippen LogP contribution in [-0.4, -0.2) is 14.1 Å². The fraction of sp³-hybridized carbons (Fsp3) is 0.250. The van der Waals surface area contributed by atoms with Crippen molar-refractivity contribution in [3.63, 3.8) is 0 Å². The Bertz CT molecular complexity index is 349. The quantitative estimate of drug-likeness (QED) is 0.567. The van der Waals surface area contributed by atoms with Gasteiger partial charge in [-0.2, -0.15) is 0 Å². The highest BCUT2D eigenvalue weighted by Gasteiger charge is 2.29. The van der Waals surface area contributed by atoms with Gasteiger partial charge in [0.1, 0.15) is 0 Å². The first kappa shape index (κ1) is 11.8. The molecule has 0 spiro atoms. The second-order valence-corrected chi connectivity index (χ2v) is 2.88. The molecule has 7 heteroatoms. The normalized spacial score (nSPS) is 11.9. The molecule has 0 fully saturated rings. The predicted molar refractivity (Wildman–Crippen MR) is 46.7 cm³/mol. The Labute approximate surface area is 82.9 Å². The second kappa shape index (κ2) is 4.08. The van der Waals surface area contributed by atoms with E-state index in [-0.39, 0.29) is 0 Å². The minimum absolute atomic E-state index is 0.490. The zero-order valence-electron chi connectivity index (χ0n) is 7.68. The molecule has 0 saturated heterocycles. The summed E-state index contributed by atoms with van der Waals surface area (Å²) in [6.07, 6.45) is -2.81. The lowest BCUT2D eigenvalue weighted by Crippen LogP contribution is -2.35. The first-order valence-corrected chi connectivity index (χ1v) is 4.02. The van der Waals surface area contributed by atoms with Crippen LogP contribution in [0.5, 0.6) is 5.75 Å². The third-order valence-electron chi connectivity index (χ3n) is 1.86. The van der Waals surface area contributed by atoms with Gasteiger partial charge in [0, 0.05) is 5.56 Å². The summed E-state index contributed by atoms with van der Waals surface area (Å²) in [5.74, 6) is -0.569. The van der Waals surface area contributed by atoms with Crippen LogP contribution >= 0.6 is 0 Å². The van der Waals surface area contributed by atoms with E-state index in [4.69, 9.17) is 0 Å². The van der Waals surface area contributed by atoms with Gasteiger partial charge in [-0.25, -0.2) is 8.78 Å². The van der Waals surface area contributed by atoms with Gasteiger partial charge in [0.05, 0.1) is 12.9 Å². The van der Waals surface area contributed by atoms with Crippen LogP contribution in [0.2, 0.25) is 0 Å². The zero-order valence-corrected chi connectivity index (χ0v) is 7.68. The van der Waals surface area contributed by atoms with Gasteiger partial charge in [-0.3, -0.25) is 0 Å². The highest BCUT2D eigenvalue weighted by molar-refractivity contribution is 6.74. The van der Waals surface area contributed by atoms with E-state index in [2.05, 4.69) is 4.74 Å². The molecule has 15 heavy (non-hydrogen) atoms. The predicted octanol–water partition coefficient (Wildman–Crippen LogP) is 2.69. The van der Waals surface area contributed by atoms with Gasteiger partial charge in [0.15, 0.2) is 0 Å². The molecule has 0 saturated carbocycles. The lowest BCUT2D eigenvalue weighted by atomic mass is 9.79. The molecule has 0 aliphatic rings. The molecule has 84 valence electrons. The smallest absolute Gasteiger partial charge is 0.500 e. The summed E-state index contributed by atoms with van der Waals surface area (Å²) in [7, 11) is 1.01. The Morgan fingerprint density at radius 3 is 2.20 bits per heavy atom. The summed E-state index contributed by atoms with van der Waals surface area (Å²) >= 11 is 0. The van der Waals surface area contributed by atoms with Gasteiger partial charge >= 0.3 is 6.98 Å². The van der Waals surface area contributed by atoms with Crippen molar-refractivity contribution in [1.29, 1.82) is 0 Å². The SMILES string of the molecule is COc1cc(C(F)F)ccc1[B-](F)(F)F. The van der Waals surface area contributed by atoms with Crippen LogP contribution in [0.1, 0.15) is 12.0 Å². The van der Waals surface area contributed by atoms with Crippen LogP contribution < -0.4 is 10.2 Å². The lowest BCUT2D eigenvalue weighted by molar-refractivity contribution is 0.151. The number of rotatable bonds is 3. The summed E-state index contributed by atoms with van der Waals surface area (Å²) in [6, 6.07) is 2.06. The molecule has 0 radical (unpaired) electrons. The van der Waals surface area contributed by atoms with E-state index in [9.17, 15) is 21.7 Å². The van der Waals surface area contributed by atoms with Gasteiger partial charge in [0.2, 0.25) is 0 Å². The van der Waals surface area contributed by atoms with E-state index in [1.165, 1.54) is 0 Å². The number of hydrogen-bond donors (Lipinski definition) is 0. The molecule has 0 heterocycles. The van der Waals surface area contributed by atoms with Crippen LogP contribution in [-0.2, 0) is 0 Å². The van der Waals surface area contributed by atoms with Gasteiger partial charge < -0.3 is 17.7 Å². The number of alkyl halides is 2. The van der Waals surface area contributed by atoms with Crippen molar-refractivity contribution >= 4 is 12.4 Å². The molecule has 0 amide bonds. The monoisotopic (exact) mass is 225 g/mol. The largest absolute Gasteiger partial charge is 0.513 e. The number of methoxy groups -OCH3 is 1. The topological polar surface area (TPSA) is 9.23 Å². The summed E-state index contributed by atoms with van der Waals surface area (Å²) in [5.41, 5.74) is -1.49. The van der Waals surface area contributed by atoms with Crippen molar-refractivity contribution in [2.24, 2.45) is 0 Å². The summed E-state index contributed by atoms with van der Waals surface area (Å²) < 4.78 is 65.9. The van der Waals surface area contributed by atoms with E-state index in [1.54, 1.807) is 0 Å². The summed E-state index contributed by atoms with van der Waals surface area (Å²) in [6.45, 7) is -5.24. The fourth-order valence-corrected chi connectivity index (χ4v) is 1.13. The molecule has 0 aliphatic carbocycles. The van der Waals surface area contributed by atoms with Gasteiger partial charge in [-0.1, -0.05) is 17.6 Å². The van der Waals surface area contributed by atoms with Crippen molar-refractivity contribution in [2.45, 2.75) is 6.43 Å². The van der Waals surface area contributed by atoms with Gasteiger partial charge in [-0.05, 0) is 6.07 Å². The number of benzene rings is 1. The molecular formula is C8H7BF5O-. The van der Waals surface area contributed by atoms with E-state index >= 15 is 0 Å². The Balaban J connectivity index is 3.21. The third kappa shape index (κ3) is 2.61. The second-order valence-electron chi connectivity index (χ2n) is 2.88. The number of ether oxygens (including phenoxy) is 1. The summed E-state index contributed by atoms with van der Waals surface area (Å²) in [4.78, 5) is 0. The van der Waals surface area contributed by atoms with Gasteiger partial charge in [-0.15, -0.1) is 0 Å². The highest BCUT2D eigenvalue weighted by atomic mass is 19.4. The first-order chi connectivity index (χ1) is 6.86. The molecule has 0 unspecified atom stereocenters. The van der Waals surface area contributed by atoms with E-state index < -0.39 is 30.2 Å². The van der Waals surface area contributed by atoms with E-state index in [0.717, 1.165) is 13.2 Å². The minimum Gasteiger partial charge on any atom is -0.500 e. The van der Waals surface area contributed by atoms with Crippen LogP contribution in [0.3, 0.4) is 0 Å². The molecular weight excluding hydrogens is 218 g/mol. The van der Waals surface area contributed by atoms with Gasteiger partial charge in [0.25, 0.3) is 6.43 Å². The van der Waals surface area contributed by atoms with Crippen LogP contribution in [0.4, 0.5) is 21.7 Å². The first-order valence-electron chi connectivity index (χ1n) is 4.02.